The lowest BCUT2D eigenvalue weighted by atomic mass is 10.2. The highest BCUT2D eigenvalue weighted by atomic mass is 35.5. The fourth-order valence-corrected chi connectivity index (χ4v) is 2.60. The van der Waals surface area contributed by atoms with Crippen LogP contribution in [0, 0.1) is 0 Å². The molecule has 2 rings (SSSR count). The van der Waals surface area contributed by atoms with Crippen molar-refractivity contribution in [3.8, 4) is 0 Å². The van der Waals surface area contributed by atoms with Crippen molar-refractivity contribution in [3.05, 3.63) is 34.9 Å². The van der Waals surface area contributed by atoms with Gasteiger partial charge in [0, 0.05) is 44.8 Å². The molecule has 1 aromatic rings. The summed E-state index contributed by atoms with van der Waals surface area (Å²) < 4.78 is 5.33. The number of hydrogen-bond acceptors (Lipinski definition) is 3. The molecule has 0 atom stereocenters. The number of benzene rings is 1. The summed E-state index contributed by atoms with van der Waals surface area (Å²) in [5, 5.41) is 4.83. The first-order valence-electron chi connectivity index (χ1n) is 7.19. The van der Waals surface area contributed by atoms with E-state index < -0.39 is 0 Å². The minimum absolute atomic E-state index is 0.711. The molecule has 0 amide bonds. The molecule has 1 N–H and O–H groups in total. The Kier molecular flexibility index (Phi) is 6.70. The molecule has 1 fully saturated rings. The number of ether oxygens (including phenoxy) is 1. The van der Waals surface area contributed by atoms with Crippen molar-refractivity contribution >= 4 is 28.9 Å². The molecule has 0 spiro atoms. The van der Waals surface area contributed by atoms with Crippen LogP contribution >= 0.6 is 23.8 Å². The molecule has 0 aromatic heterocycles. The molecule has 0 saturated carbocycles. The Hall–Kier alpha value is -0.880. The number of hydrogen-bond donors (Lipinski definition) is 1. The van der Waals surface area contributed by atoms with Gasteiger partial charge >= 0.3 is 0 Å². The van der Waals surface area contributed by atoms with Crippen molar-refractivity contribution < 1.29 is 4.74 Å². The Morgan fingerprint density at radius 1 is 1.38 bits per heavy atom. The molecule has 0 bridgehead atoms. The Bertz CT molecular complexity index is 466. The van der Waals surface area contributed by atoms with Gasteiger partial charge in [-0.25, -0.2) is 0 Å². The third-order valence-electron chi connectivity index (χ3n) is 3.52. The van der Waals surface area contributed by atoms with Gasteiger partial charge < -0.3 is 15.0 Å². The summed E-state index contributed by atoms with van der Waals surface area (Å²) >= 11 is 11.6. The van der Waals surface area contributed by atoms with Gasteiger partial charge in [0.15, 0.2) is 5.11 Å². The predicted octanol–water partition coefficient (Wildman–Crippen LogP) is 1.98. The molecule has 1 aliphatic rings. The van der Waals surface area contributed by atoms with E-state index in [-0.39, 0.29) is 0 Å². The highest BCUT2D eigenvalue weighted by Gasteiger charge is 2.11. The summed E-state index contributed by atoms with van der Waals surface area (Å²) in [6, 6.07) is 7.85. The summed E-state index contributed by atoms with van der Waals surface area (Å²) in [6.07, 6.45) is 0. The van der Waals surface area contributed by atoms with Crippen LogP contribution in [0.1, 0.15) is 5.56 Å². The third kappa shape index (κ3) is 5.43. The second-order valence-electron chi connectivity index (χ2n) is 5.13. The highest BCUT2D eigenvalue weighted by Crippen LogP contribution is 2.16. The number of nitrogens with zero attached hydrogens (tertiary/aromatic N) is 2. The van der Waals surface area contributed by atoms with E-state index in [9.17, 15) is 0 Å². The fourth-order valence-electron chi connectivity index (χ4n) is 2.23. The van der Waals surface area contributed by atoms with Gasteiger partial charge in [-0.3, -0.25) is 4.90 Å². The third-order valence-corrected chi connectivity index (χ3v) is 4.34. The number of thiocarbonyl (C=S) groups is 1. The molecule has 116 valence electrons. The van der Waals surface area contributed by atoms with Gasteiger partial charge in [0.25, 0.3) is 0 Å². The van der Waals surface area contributed by atoms with E-state index in [0.29, 0.717) is 6.54 Å². The van der Waals surface area contributed by atoms with Crippen molar-refractivity contribution in [2.45, 2.75) is 6.54 Å². The molecule has 6 heteroatoms. The van der Waals surface area contributed by atoms with E-state index in [1.165, 1.54) is 0 Å². The lowest BCUT2D eigenvalue weighted by Gasteiger charge is -2.27. The predicted molar refractivity (Wildman–Crippen MR) is 90.8 cm³/mol. The van der Waals surface area contributed by atoms with Gasteiger partial charge in [-0.1, -0.05) is 29.8 Å². The molecule has 21 heavy (non-hydrogen) atoms. The molecule has 0 aliphatic carbocycles. The van der Waals surface area contributed by atoms with Crippen molar-refractivity contribution in [1.29, 1.82) is 0 Å². The Labute approximate surface area is 137 Å². The topological polar surface area (TPSA) is 27.7 Å². The Balaban J connectivity index is 1.71. The fraction of sp³-hybridized carbons (Fsp3) is 0.533. The smallest absolute Gasteiger partial charge is 0.169 e. The maximum Gasteiger partial charge on any atom is 0.169 e. The number of halogens is 1. The Morgan fingerprint density at radius 3 is 2.81 bits per heavy atom. The SMILES string of the molecule is CN(Cc1ccccc1Cl)C(=S)NCCN1CCOCC1. The van der Waals surface area contributed by atoms with E-state index in [1.807, 2.05) is 36.2 Å². The van der Waals surface area contributed by atoms with Gasteiger partial charge in [-0.2, -0.15) is 0 Å². The van der Waals surface area contributed by atoms with Crippen molar-refractivity contribution in [3.63, 3.8) is 0 Å². The first kappa shape index (κ1) is 16.5. The van der Waals surface area contributed by atoms with Crippen LogP contribution in [-0.2, 0) is 11.3 Å². The summed E-state index contributed by atoms with van der Waals surface area (Å²) in [5.74, 6) is 0. The molecule has 1 saturated heterocycles. The quantitative estimate of drug-likeness (QED) is 0.835. The molecule has 1 aromatic carbocycles. The molecule has 1 heterocycles. The van der Waals surface area contributed by atoms with Gasteiger partial charge in [-0.05, 0) is 23.8 Å². The molecule has 4 nitrogen and oxygen atoms in total. The van der Waals surface area contributed by atoms with E-state index in [1.54, 1.807) is 0 Å². The lowest BCUT2D eigenvalue weighted by Crippen LogP contribution is -2.43. The summed E-state index contributed by atoms with van der Waals surface area (Å²) in [5.41, 5.74) is 1.08. The van der Waals surface area contributed by atoms with Crippen LogP contribution in [0.15, 0.2) is 24.3 Å². The first-order valence-corrected chi connectivity index (χ1v) is 7.98. The zero-order chi connectivity index (χ0) is 15.1. The maximum absolute atomic E-state index is 6.17. The molecule has 1 aliphatic heterocycles. The van der Waals surface area contributed by atoms with Crippen LogP contribution in [0.2, 0.25) is 5.02 Å². The van der Waals surface area contributed by atoms with Crippen LogP contribution in [0.25, 0.3) is 0 Å². The van der Waals surface area contributed by atoms with Crippen LogP contribution < -0.4 is 5.32 Å². The van der Waals surface area contributed by atoms with Crippen LogP contribution in [0.3, 0.4) is 0 Å². The lowest BCUT2D eigenvalue weighted by molar-refractivity contribution is 0.0389. The van der Waals surface area contributed by atoms with E-state index >= 15 is 0 Å². The van der Waals surface area contributed by atoms with Gasteiger partial charge in [-0.15, -0.1) is 0 Å². The van der Waals surface area contributed by atoms with Crippen molar-refractivity contribution in [2.75, 3.05) is 46.4 Å². The molecule has 0 radical (unpaired) electrons. The first-order chi connectivity index (χ1) is 10.2. The Morgan fingerprint density at radius 2 is 2.10 bits per heavy atom. The number of rotatable bonds is 5. The standard InChI is InChI=1S/C15H22ClN3OS/c1-18(12-13-4-2-3-5-14(13)16)15(21)17-6-7-19-8-10-20-11-9-19/h2-5H,6-12H2,1H3,(H,17,21). The van der Waals surface area contributed by atoms with Gasteiger partial charge in [0.2, 0.25) is 0 Å². The largest absolute Gasteiger partial charge is 0.379 e. The van der Waals surface area contributed by atoms with Crippen LogP contribution in [0.4, 0.5) is 0 Å². The van der Waals surface area contributed by atoms with Crippen LogP contribution in [-0.4, -0.2) is 61.4 Å². The number of nitrogens with one attached hydrogen (secondary N) is 1. The molecule has 0 unspecified atom stereocenters. The normalized spacial score (nSPS) is 15.7. The average Bonchev–Trinajstić information content (AvgIpc) is 2.50. The van der Waals surface area contributed by atoms with E-state index in [0.717, 1.165) is 55.1 Å². The zero-order valence-corrected chi connectivity index (χ0v) is 13.9. The molecular weight excluding hydrogens is 306 g/mol. The van der Waals surface area contributed by atoms with E-state index in [2.05, 4.69) is 10.2 Å². The zero-order valence-electron chi connectivity index (χ0n) is 12.3. The van der Waals surface area contributed by atoms with Gasteiger partial charge in [0.1, 0.15) is 0 Å². The summed E-state index contributed by atoms with van der Waals surface area (Å²) in [6.45, 7) is 6.22. The van der Waals surface area contributed by atoms with Crippen LogP contribution in [0.5, 0.6) is 0 Å². The summed E-state index contributed by atoms with van der Waals surface area (Å²) in [7, 11) is 1.98. The molecular formula is C15H22ClN3OS. The monoisotopic (exact) mass is 327 g/mol. The van der Waals surface area contributed by atoms with Gasteiger partial charge in [0.05, 0.1) is 13.2 Å². The van der Waals surface area contributed by atoms with E-state index in [4.69, 9.17) is 28.6 Å². The average molecular weight is 328 g/mol. The van der Waals surface area contributed by atoms with Crippen molar-refractivity contribution in [1.82, 2.24) is 15.1 Å². The second kappa shape index (κ2) is 8.54. The van der Waals surface area contributed by atoms with Crippen molar-refractivity contribution in [2.24, 2.45) is 0 Å². The number of morpholine rings is 1. The minimum atomic E-state index is 0.711. The minimum Gasteiger partial charge on any atom is -0.379 e. The maximum atomic E-state index is 6.17. The second-order valence-corrected chi connectivity index (χ2v) is 5.93. The highest BCUT2D eigenvalue weighted by molar-refractivity contribution is 7.80. The summed E-state index contributed by atoms with van der Waals surface area (Å²) in [4.78, 5) is 4.39.